The maximum atomic E-state index is 12.8. The van der Waals surface area contributed by atoms with Crippen LogP contribution in [-0.2, 0) is 0 Å². The quantitative estimate of drug-likeness (QED) is 0.434. The van der Waals surface area contributed by atoms with Crippen LogP contribution in [0.4, 0.5) is 4.39 Å². The molecular formula is C8H9FN2O. The monoisotopic (exact) mass is 168 g/mol. The zero-order valence-electron chi connectivity index (χ0n) is 6.56. The number of aromatic hydroxyl groups is 1. The molecule has 0 unspecified atom stereocenters. The number of amidine groups is 1. The Morgan fingerprint density at radius 1 is 1.58 bits per heavy atom. The van der Waals surface area contributed by atoms with E-state index in [0.29, 0.717) is 5.56 Å². The van der Waals surface area contributed by atoms with Gasteiger partial charge >= 0.3 is 0 Å². The van der Waals surface area contributed by atoms with Gasteiger partial charge in [0.05, 0.1) is 5.56 Å². The number of phenolic OH excluding ortho intramolecular Hbond substituents is 1. The summed E-state index contributed by atoms with van der Waals surface area (Å²) in [4.78, 5) is 0. The first kappa shape index (κ1) is 8.52. The highest BCUT2D eigenvalue weighted by Gasteiger charge is 2.09. The molecule has 0 aliphatic rings. The summed E-state index contributed by atoms with van der Waals surface area (Å²) in [5.74, 6) is -1.65. The number of hydrogen-bond acceptors (Lipinski definition) is 2. The van der Waals surface area contributed by atoms with Crippen LogP contribution in [0.5, 0.6) is 5.75 Å². The summed E-state index contributed by atoms with van der Waals surface area (Å²) in [6.45, 7) is 1.66. The van der Waals surface area contributed by atoms with Gasteiger partial charge in [-0.25, -0.2) is 4.39 Å². The van der Waals surface area contributed by atoms with E-state index in [1.54, 1.807) is 6.92 Å². The third-order valence-corrected chi connectivity index (χ3v) is 1.50. The molecule has 0 aliphatic heterocycles. The van der Waals surface area contributed by atoms with Crippen molar-refractivity contribution < 1.29 is 9.50 Å². The summed E-state index contributed by atoms with van der Waals surface area (Å²) < 4.78 is 12.8. The van der Waals surface area contributed by atoms with Crippen molar-refractivity contribution in [3.63, 3.8) is 0 Å². The minimum Gasteiger partial charge on any atom is -0.504 e. The second kappa shape index (κ2) is 2.81. The van der Waals surface area contributed by atoms with Crippen molar-refractivity contribution in [2.45, 2.75) is 6.92 Å². The Morgan fingerprint density at radius 3 is 2.67 bits per heavy atom. The smallest absolute Gasteiger partial charge is 0.165 e. The molecule has 1 aromatic rings. The number of nitrogens with two attached hydrogens (primary N) is 1. The highest BCUT2D eigenvalue weighted by atomic mass is 19.1. The van der Waals surface area contributed by atoms with Gasteiger partial charge < -0.3 is 10.8 Å². The lowest BCUT2D eigenvalue weighted by Crippen LogP contribution is -2.12. The van der Waals surface area contributed by atoms with E-state index in [9.17, 15) is 4.39 Å². The van der Waals surface area contributed by atoms with Crippen LogP contribution >= 0.6 is 0 Å². The van der Waals surface area contributed by atoms with Gasteiger partial charge in [-0.15, -0.1) is 0 Å². The first-order valence-corrected chi connectivity index (χ1v) is 3.36. The van der Waals surface area contributed by atoms with Crippen LogP contribution in [0.1, 0.15) is 11.1 Å². The fourth-order valence-corrected chi connectivity index (χ4v) is 0.940. The van der Waals surface area contributed by atoms with Crippen LogP contribution in [0.2, 0.25) is 0 Å². The summed E-state index contributed by atoms with van der Waals surface area (Å²) in [5.41, 5.74) is 5.76. The molecule has 0 heterocycles. The van der Waals surface area contributed by atoms with Gasteiger partial charge in [-0.1, -0.05) is 0 Å². The molecule has 0 fully saturated rings. The zero-order valence-corrected chi connectivity index (χ0v) is 6.56. The molecule has 0 bridgehead atoms. The fraction of sp³-hybridized carbons (Fsp3) is 0.125. The van der Waals surface area contributed by atoms with E-state index < -0.39 is 11.6 Å². The molecule has 4 N–H and O–H groups in total. The number of rotatable bonds is 1. The van der Waals surface area contributed by atoms with Gasteiger partial charge in [-0.3, -0.25) is 5.41 Å². The molecule has 1 aromatic carbocycles. The fourth-order valence-electron chi connectivity index (χ4n) is 0.940. The maximum Gasteiger partial charge on any atom is 0.165 e. The lowest BCUT2D eigenvalue weighted by atomic mass is 10.1. The lowest BCUT2D eigenvalue weighted by Gasteiger charge is -2.04. The minimum absolute atomic E-state index is 0.0347. The van der Waals surface area contributed by atoms with Crippen molar-refractivity contribution >= 4 is 5.84 Å². The maximum absolute atomic E-state index is 12.8. The normalized spacial score (nSPS) is 9.83. The van der Waals surface area contributed by atoms with Gasteiger partial charge in [0.25, 0.3) is 0 Å². The molecule has 3 nitrogen and oxygen atoms in total. The first-order chi connectivity index (χ1) is 5.52. The van der Waals surface area contributed by atoms with E-state index in [2.05, 4.69) is 0 Å². The van der Waals surface area contributed by atoms with Gasteiger partial charge in [0.15, 0.2) is 11.6 Å². The molecule has 64 valence electrons. The van der Waals surface area contributed by atoms with E-state index >= 15 is 0 Å². The number of nitrogen functional groups attached to an aromatic ring is 1. The van der Waals surface area contributed by atoms with Crippen molar-refractivity contribution in [2.75, 3.05) is 0 Å². The Hall–Kier alpha value is -1.58. The Bertz CT molecular complexity index is 336. The van der Waals surface area contributed by atoms with Crippen LogP contribution < -0.4 is 5.73 Å². The summed E-state index contributed by atoms with van der Waals surface area (Å²) in [5, 5.41) is 16.1. The Morgan fingerprint density at radius 2 is 2.17 bits per heavy atom. The van der Waals surface area contributed by atoms with E-state index in [1.165, 1.54) is 12.1 Å². The van der Waals surface area contributed by atoms with Crippen LogP contribution in [0.25, 0.3) is 0 Å². The molecule has 12 heavy (non-hydrogen) atoms. The number of nitrogens with one attached hydrogen (secondary N) is 1. The van der Waals surface area contributed by atoms with Crippen molar-refractivity contribution in [1.29, 1.82) is 5.41 Å². The van der Waals surface area contributed by atoms with Gasteiger partial charge in [-0.05, 0) is 24.6 Å². The zero-order chi connectivity index (χ0) is 9.30. The molecule has 0 aliphatic carbocycles. The van der Waals surface area contributed by atoms with E-state index in [1.807, 2.05) is 0 Å². The molecule has 0 radical (unpaired) electrons. The standard InChI is InChI=1S/C8H9FN2O/c1-4-2-5(8(10)11)7(12)6(9)3-4/h2-3,12H,1H3,(H3,10,11). The van der Waals surface area contributed by atoms with Crippen molar-refractivity contribution in [1.82, 2.24) is 0 Å². The Labute approximate surface area is 69.1 Å². The third kappa shape index (κ3) is 1.37. The second-order valence-corrected chi connectivity index (χ2v) is 2.56. The van der Waals surface area contributed by atoms with Gasteiger partial charge in [0, 0.05) is 0 Å². The number of phenols is 1. The van der Waals surface area contributed by atoms with Crippen molar-refractivity contribution in [2.24, 2.45) is 5.73 Å². The van der Waals surface area contributed by atoms with E-state index in [4.69, 9.17) is 16.2 Å². The second-order valence-electron chi connectivity index (χ2n) is 2.56. The number of hydrogen-bond donors (Lipinski definition) is 3. The highest BCUT2D eigenvalue weighted by Crippen LogP contribution is 2.21. The van der Waals surface area contributed by atoms with Crippen molar-refractivity contribution in [3.8, 4) is 5.75 Å². The topological polar surface area (TPSA) is 70.1 Å². The largest absolute Gasteiger partial charge is 0.504 e. The van der Waals surface area contributed by atoms with Gasteiger partial charge in [0.2, 0.25) is 0 Å². The third-order valence-electron chi connectivity index (χ3n) is 1.50. The molecule has 0 saturated heterocycles. The Kier molecular flexibility index (Phi) is 1.99. The number of halogens is 1. The SMILES string of the molecule is Cc1cc(F)c(O)c(C(=N)N)c1. The summed E-state index contributed by atoms with van der Waals surface area (Å²) in [7, 11) is 0. The number of aryl methyl sites for hydroxylation is 1. The van der Waals surface area contributed by atoms with Crippen LogP contribution in [0.15, 0.2) is 12.1 Å². The molecule has 0 spiro atoms. The van der Waals surface area contributed by atoms with E-state index in [-0.39, 0.29) is 11.4 Å². The van der Waals surface area contributed by atoms with E-state index in [0.717, 1.165) is 0 Å². The summed E-state index contributed by atoms with van der Waals surface area (Å²) >= 11 is 0. The summed E-state index contributed by atoms with van der Waals surface area (Å²) in [6, 6.07) is 2.64. The van der Waals surface area contributed by atoms with Crippen LogP contribution in [0.3, 0.4) is 0 Å². The molecule has 0 aromatic heterocycles. The van der Waals surface area contributed by atoms with Gasteiger partial charge in [-0.2, -0.15) is 0 Å². The lowest BCUT2D eigenvalue weighted by molar-refractivity contribution is 0.431. The molecule has 4 heteroatoms. The summed E-state index contributed by atoms with van der Waals surface area (Å²) in [6.07, 6.45) is 0. The Balaban J connectivity index is 3.37. The first-order valence-electron chi connectivity index (χ1n) is 3.36. The molecule has 0 saturated carbocycles. The molecular weight excluding hydrogens is 159 g/mol. The van der Waals surface area contributed by atoms with Crippen molar-refractivity contribution in [3.05, 3.63) is 29.1 Å². The predicted octanol–water partition coefficient (Wildman–Crippen LogP) is 1.12. The van der Waals surface area contributed by atoms with Crippen LogP contribution in [0, 0.1) is 18.2 Å². The molecule has 1 rings (SSSR count). The highest BCUT2D eigenvalue weighted by molar-refractivity contribution is 5.97. The molecule has 0 amide bonds. The van der Waals surface area contributed by atoms with Gasteiger partial charge in [0.1, 0.15) is 5.84 Å². The number of benzene rings is 1. The average Bonchev–Trinajstić information content (AvgIpc) is 1.96. The predicted molar refractivity (Wildman–Crippen MR) is 43.8 cm³/mol. The minimum atomic E-state index is -0.750. The van der Waals surface area contributed by atoms with Crippen LogP contribution in [-0.4, -0.2) is 10.9 Å². The average molecular weight is 168 g/mol. The molecule has 0 atom stereocenters.